The Bertz CT molecular complexity index is 898. The largest absolute Gasteiger partial charge is 0.493 e. The lowest BCUT2D eigenvalue weighted by Gasteiger charge is -2.28. The Morgan fingerprint density at radius 1 is 1.33 bits per heavy atom. The van der Waals surface area contributed by atoms with Crippen LogP contribution < -0.4 is 9.64 Å². The van der Waals surface area contributed by atoms with Crippen molar-refractivity contribution in [2.75, 3.05) is 24.6 Å². The normalized spacial score (nSPS) is 24.0. The lowest BCUT2D eigenvalue weighted by atomic mass is 9.74. The van der Waals surface area contributed by atoms with Gasteiger partial charge in [0.25, 0.3) is 0 Å². The smallest absolute Gasteiger partial charge is 0.312 e. The second-order valence-corrected chi connectivity index (χ2v) is 7.65. The number of carboxylic acids is 1. The van der Waals surface area contributed by atoms with Gasteiger partial charge >= 0.3 is 5.97 Å². The van der Waals surface area contributed by atoms with Crippen LogP contribution in [0, 0.1) is 25.2 Å². The molecule has 0 aliphatic carbocycles. The maximum absolute atomic E-state index is 12.5. The zero-order chi connectivity index (χ0) is 19.2. The average molecular weight is 367 g/mol. The van der Waals surface area contributed by atoms with Crippen molar-refractivity contribution >= 4 is 11.8 Å². The van der Waals surface area contributed by atoms with E-state index in [0.29, 0.717) is 26.1 Å². The first-order chi connectivity index (χ1) is 12.9. The van der Waals surface area contributed by atoms with Crippen LogP contribution in [0.2, 0.25) is 0 Å². The quantitative estimate of drug-likeness (QED) is 0.899. The Labute approximate surface area is 159 Å². The van der Waals surface area contributed by atoms with Gasteiger partial charge in [-0.05, 0) is 38.3 Å². The Morgan fingerprint density at radius 3 is 2.85 bits per heavy atom. The summed E-state index contributed by atoms with van der Waals surface area (Å²) in [6.07, 6.45) is 1.30. The highest BCUT2D eigenvalue weighted by atomic mass is 16.5. The van der Waals surface area contributed by atoms with E-state index in [9.17, 15) is 9.90 Å². The van der Waals surface area contributed by atoms with Gasteiger partial charge in [0.05, 0.1) is 12.0 Å². The van der Waals surface area contributed by atoms with Gasteiger partial charge in [-0.15, -0.1) is 0 Å². The highest BCUT2D eigenvalue weighted by Gasteiger charge is 2.54. The third kappa shape index (κ3) is 2.83. The maximum Gasteiger partial charge on any atom is 0.312 e. The topological polar surface area (TPSA) is 75.5 Å². The number of ether oxygens (including phenoxy) is 1. The number of carboxylic acid groups (broad SMARTS) is 1. The number of carbonyl (C=O) groups is 1. The Balaban J connectivity index is 1.76. The van der Waals surface area contributed by atoms with E-state index in [1.54, 1.807) is 0 Å². The summed E-state index contributed by atoms with van der Waals surface area (Å²) in [5.74, 6) is 1.56. The molecule has 2 aliphatic rings. The number of aryl methyl sites for hydroxylation is 2. The molecule has 2 atom stereocenters. The molecule has 1 aromatic carbocycles. The molecule has 0 amide bonds. The van der Waals surface area contributed by atoms with Gasteiger partial charge in [0.1, 0.15) is 17.4 Å². The number of rotatable bonds is 3. The van der Waals surface area contributed by atoms with E-state index in [1.807, 2.05) is 38.1 Å². The summed E-state index contributed by atoms with van der Waals surface area (Å²) in [5.41, 5.74) is 2.16. The van der Waals surface area contributed by atoms with E-state index in [1.165, 1.54) is 0 Å². The highest BCUT2D eigenvalue weighted by Crippen LogP contribution is 2.45. The molecular weight excluding hydrogens is 342 g/mol. The zero-order valence-electron chi connectivity index (χ0n) is 16.0. The van der Waals surface area contributed by atoms with Gasteiger partial charge in [-0.25, -0.2) is 9.97 Å². The molecule has 0 saturated carbocycles. The fraction of sp³-hybridized carbons (Fsp3) is 0.476. The monoisotopic (exact) mass is 367 g/mol. The van der Waals surface area contributed by atoms with E-state index < -0.39 is 11.4 Å². The van der Waals surface area contributed by atoms with Crippen molar-refractivity contribution < 1.29 is 14.6 Å². The molecule has 6 heteroatoms. The van der Waals surface area contributed by atoms with E-state index in [2.05, 4.69) is 21.8 Å². The fourth-order valence-corrected chi connectivity index (χ4v) is 4.58. The Morgan fingerprint density at radius 2 is 2.11 bits per heavy atom. The summed E-state index contributed by atoms with van der Waals surface area (Å²) in [7, 11) is 0. The van der Waals surface area contributed by atoms with Crippen LogP contribution in [-0.4, -0.2) is 40.7 Å². The summed E-state index contributed by atoms with van der Waals surface area (Å²) in [6.45, 7) is 7.44. The van der Waals surface area contributed by atoms with Gasteiger partial charge in [0.15, 0.2) is 0 Å². The number of hydrogen-bond donors (Lipinski definition) is 1. The van der Waals surface area contributed by atoms with Crippen LogP contribution in [-0.2, 0) is 17.6 Å². The maximum atomic E-state index is 12.5. The first-order valence-corrected chi connectivity index (χ1v) is 9.47. The van der Waals surface area contributed by atoms with Crippen molar-refractivity contribution in [1.29, 1.82) is 0 Å². The van der Waals surface area contributed by atoms with Crippen LogP contribution in [0.15, 0.2) is 24.3 Å². The van der Waals surface area contributed by atoms with Crippen molar-refractivity contribution in [3.63, 3.8) is 0 Å². The number of fused-ring (bicyclic) bond motifs is 2. The van der Waals surface area contributed by atoms with Gasteiger partial charge in [0, 0.05) is 30.3 Å². The molecule has 1 fully saturated rings. The molecule has 0 radical (unpaired) electrons. The van der Waals surface area contributed by atoms with Crippen LogP contribution in [0.25, 0.3) is 0 Å². The number of hydrogen-bond acceptors (Lipinski definition) is 5. The van der Waals surface area contributed by atoms with Gasteiger partial charge in [-0.3, -0.25) is 4.79 Å². The van der Waals surface area contributed by atoms with Gasteiger partial charge < -0.3 is 14.7 Å². The number of anilines is 1. The van der Waals surface area contributed by atoms with Crippen molar-refractivity contribution in [3.05, 3.63) is 46.9 Å². The molecule has 142 valence electrons. The van der Waals surface area contributed by atoms with Crippen LogP contribution in [0.4, 0.5) is 5.82 Å². The van der Waals surface area contributed by atoms with Crippen LogP contribution in [0.5, 0.6) is 5.75 Å². The van der Waals surface area contributed by atoms with Crippen molar-refractivity contribution in [2.24, 2.45) is 11.3 Å². The first kappa shape index (κ1) is 17.8. The fourth-order valence-electron chi connectivity index (χ4n) is 4.58. The standard InChI is InChI=1S/C21H25N3O3/c1-4-17-13(2)22-14(3)23-19(17)24-10-16-11-27-18-8-6-5-7-15(18)9-21(16,12-24)20(25)26/h5-8,16H,4,9-12H2,1-3H3,(H,25,26)/t16-,21+/m0/s1. The van der Waals surface area contributed by atoms with Gasteiger partial charge in [-0.2, -0.15) is 0 Å². The van der Waals surface area contributed by atoms with Crippen molar-refractivity contribution in [1.82, 2.24) is 9.97 Å². The highest BCUT2D eigenvalue weighted by molar-refractivity contribution is 5.78. The SMILES string of the molecule is CCc1c(C)nc(C)nc1N1C[C@H]2COc3ccccc3C[C@@]2(C(=O)O)C1. The van der Waals surface area contributed by atoms with Crippen LogP contribution in [0.3, 0.4) is 0 Å². The molecule has 0 unspecified atom stereocenters. The summed E-state index contributed by atoms with van der Waals surface area (Å²) in [5, 5.41) is 10.2. The zero-order valence-corrected chi connectivity index (χ0v) is 16.0. The number of nitrogens with zero attached hydrogens (tertiary/aromatic N) is 3. The van der Waals surface area contributed by atoms with E-state index in [0.717, 1.165) is 40.6 Å². The van der Waals surface area contributed by atoms with Gasteiger partial charge in [0.2, 0.25) is 0 Å². The molecule has 27 heavy (non-hydrogen) atoms. The molecule has 0 spiro atoms. The van der Waals surface area contributed by atoms with Crippen molar-refractivity contribution in [2.45, 2.75) is 33.6 Å². The number of aliphatic carboxylic acids is 1. The Kier molecular flexibility index (Phi) is 4.29. The second kappa shape index (κ2) is 6.51. The predicted molar refractivity (Wildman–Crippen MR) is 102 cm³/mol. The average Bonchev–Trinajstić information content (AvgIpc) is 2.92. The molecule has 2 aromatic rings. The van der Waals surface area contributed by atoms with Crippen molar-refractivity contribution in [3.8, 4) is 5.75 Å². The Hall–Kier alpha value is -2.63. The minimum absolute atomic E-state index is 0.0947. The third-order valence-corrected chi connectivity index (χ3v) is 6.00. The van der Waals surface area contributed by atoms with E-state index >= 15 is 0 Å². The number of para-hydroxylation sites is 1. The van der Waals surface area contributed by atoms with E-state index in [4.69, 9.17) is 4.74 Å². The molecule has 3 heterocycles. The van der Waals surface area contributed by atoms with E-state index in [-0.39, 0.29) is 5.92 Å². The van der Waals surface area contributed by atoms with Gasteiger partial charge in [-0.1, -0.05) is 25.1 Å². The summed E-state index contributed by atoms with van der Waals surface area (Å²) in [4.78, 5) is 23.8. The number of aromatic nitrogens is 2. The molecule has 4 rings (SSSR count). The second-order valence-electron chi connectivity index (χ2n) is 7.65. The molecule has 2 aliphatic heterocycles. The lowest BCUT2D eigenvalue weighted by molar-refractivity contribution is -0.150. The lowest BCUT2D eigenvalue weighted by Crippen LogP contribution is -2.42. The van der Waals surface area contributed by atoms with Crippen LogP contribution >= 0.6 is 0 Å². The predicted octanol–water partition coefficient (Wildman–Crippen LogP) is 2.80. The minimum atomic E-state index is -0.871. The first-order valence-electron chi connectivity index (χ1n) is 9.47. The molecule has 1 aromatic heterocycles. The number of benzene rings is 1. The molecule has 6 nitrogen and oxygen atoms in total. The summed E-state index contributed by atoms with van der Waals surface area (Å²) in [6, 6.07) is 7.77. The summed E-state index contributed by atoms with van der Waals surface area (Å²) >= 11 is 0. The molecule has 1 N–H and O–H groups in total. The third-order valence-electron chi connectivity index (χ3n) is 6.00. The molecule has 1 saturated heterocycles. The van der Waals surface area contributed by atoms with Crippen LogP contribution in [0.1, 0.15) is 29.6 Å². The minimum Gasteiger partial charge on any atom is -0.493 e. The molecule has 0 bridgehead atoms. The molecular formula is C21H25N3O3. The summed E-state index contributed by atoms with van der Waals surface area (Å²) < 4.78 is 6.00.